The molecule has 0 atom stereocenters. The van der Waals surface area contributed by atoms with Crippen molar-refractivity contribution in [2.75, 3.05) is 0 Å². The van der Waals surface area contributed by atoms with Crippen molar-refractivity contribution in [1.29, 1.82) is 0 Å². The Bertz CT molecular complexity index is 440. The van der Waals surface area contributed by atoms with Gasteiger partial charge in [0, 0.05) is 12.1 Å². The highest BCUT2D eigenvalue weighted by Crippen LogP contribution is 2.04. The van der Waals surface area contributed by atoms with Gasteiger partial charge in [0.15, 0.2) is 6.20 Å². The average Bonchev–Trinajstić information content (AvgIpc) is 2.03. The summed E-state index contributed by atoms with van der Waals surface area (Å²) in [7, 11) is -4.70. The van der Waals surface area contributed by atoms with E-state index in [4.69, 9.17) is 0 Å². The van der Waals surface area contributed by atoms with Gasteiger partial charge in [-0.1, -0.05) is 3.97 Å². The van der Waals surface area contributed by atoms with Crippen molar-refractivity contribution in [1.82, 2.24) is 0 Å². The Labute approximate surface area is 73.3 Å². The van der Waals surface area contributed by atoms with Crippen LogP contribution in [0, 0.1) is 10.1 Å². The molecule has 1 aromatic heterocycles. The minimum atomic E-state index is -4.70. The molecule has 13 heavy (non-hydrogen) atoms. The molecule has 0 bridgehead atoms. The van der Waals surface area contributed by atoms with Crippen LogP contribution in [0.3, 0.4) is 0 Å². The molecule has 1 heterocycles. The molecule has 8 heteroatoms. The Hall–Kier alpha value is -1.54. The van der Waals surface area contributed by atoms with Crippen LogP contribution >= 0.6 is 0 Å². The van der Waals surface area contributed by atoms with Crippen LogP contribution in [0.25, 0.3) is 0 Å². The van der Waals surface area contributed by atoms with E-state index < -0.39 is 20.9 Å². The van der Waals surface area contributed by atoms with E-state index in [1.54, 1.807) is 0 Å². The Morgan fingerprint density at radius 2 is 2.08 bits per heavy atom. The van der Waals surface area contributed by atoms with Crippen LogP contribution in [0.1, 0.15) is 0 Å². The van der Waals surface area contributed by atoms with Gasteiger partial charge >= 0.3 is 16.0 Å². The van der Waals surface area contributed by atoms with Crippen molar-refractivity contribution < 1.29 is 21.9 Å². The van der Waals surface area contributed by atoms with Crippen LogP contribution in [0.5, 0.6) is 0 Å². The van der Waals surface area contributed by atoms with E-state index in [0.717, 1.165) is 18.3 Å². The first-order valence-corrected chi connectivity index (χ1v) is 4.40. The number of nitro groups is 1. The van der Waals surface area contributed by atoms with Gasteiger partial charge < -0.3 is 4.55 Å². The van der Waals surface area contributed by atoms with Gasteiger partial charge in [0.2, 0.25) is 0 Å². The molecule has 0 aliphatic heterocycles. The fraction of sp³-hybridized carbons (Fsp3) is 0. The minimum Gasteiger partial charge on any atom is -0.693 e. The topological polar surface area (TPSA) is 104 Å². The number of pyridine rings is 1. The molecule has 0 aromatic carbocycles. The predicted molar refractivity (Wildman–Crippen MR) is 38.4 cm³/mol. The number of hydrogen-bond acceptors (Lipinski definition) is 5. The second kappa shape index (κ2) is 3.07. The standard InChI is InChI=1S/C5H4N2O5S/c8-7(9)5-2-1-3-6(4-5)13(10,11)12/h1-4H. The molecule has 1 rings (SSSR count). The van der Waals surface area contributed by atoms with Gasteiger partial charge in [-0.25, -0.2) is 0 Å². The SMILES string of the molecule is O=[N+]([O-])c1ccc[n+](S(=O)(=O)[O-])c1. The van der Waals surface area contributed by atoms with Crippen LogP contribution in [0.2, 0.25) is 0 Å². The third-order valence-electron chi connectivity index (χ3n) is 1.23. The molecule has 0 N–H and O–H groups in total. The highest BCUT2D eigenvalue weighted by molar-refractivity contribution is 7.78. The van der Waals surface area contributed by atoms with Gasteiger partial charge in [-0.3, -0.25) is 10.1 Å². The molecule has 70 valence electrons. The van der Waals surface area contributed by atoms with Crippen molar-refractivity contribution in [3.05, 3.63) is 34.6 Å². The van der Waals surface area contributed by atoms with E-state index in [-0.39, 0.29) is 3.97 Å². The number of aromatic nitrogens is 1. The summed E-state index contributed by atoms with van der Waals surface area (Å²) in [6, 6.07) is 2.19. The van der Waals surface area contributed by atoms with Crippen molar-refractivity contribution in [2.24, 2.45) is 0 Å². The lowest BCUT2D eigenvalue weighted by Crippen LogP contribution is -2.41. The minimum absolute atomic E-state index is 0.241. The summed E-state index contributed by atoms with van der Waals surface area (Å²) >= 11 is 0. The highest BCUT2D eigenvalue weighted by Gasteiger charge is 2.15. The second-order valence-corrected chi connectivity index (χ2v) is 3.38. The summed E-state index contributed by atoms with van der Waals surface area (Å²) in [5, 5.41) is 10.2. The summed E-state index contributed by atoms with van der Waals surface area (Å²) in [6.07, 6.45) is 1.57. The van der Waals surface area contributed by atoms with Crippen LogP contribution in [0.15, 0.2) is 24.5 Å². The zero-order valence-corrected chi connectivity index (χ0v) is 6.97. The van der Waals surface area contributed by atoms with Gasteiger partial charge in [-0.2, -0.15) is 8.42 Å². The Morgan fingerprint density at radius 3 is 2.54 bits per heavy atom. The van der Waals surface area contributed by atoms with E-state index >= 15 is 0 Å². The van der Waals surface area contributed by atoms with Gasteiger partial charge in [-0.05, 0) is 0 Å². The van der Waals surface area contributed by atoms with Crippen molar-refractivity contribution >= 4 is 16.0 Å². The number of hydrogen-bond donors (Lipinski definition) is 0. The third-order valence-corrected chi connectivity index (χ3v) is 1.97. The Morgan fingerprint density at radius 1 is 1.46 bits per heavy atom. The summed E-state index contributed by atoms with van der Waals surface area (Å²) < 4.78 is 31.4. The molecule has 0 aliphatic carbocycles. The van der Waals surface area contributed by atoms with E-state index in [1.165, 1.54) is 0 Å². The van der Waals surface area contributed by atoms with Gasteiger partial charge in [0.1, 0.15) is 0 Å². The molecule has 0 unspecified atom stereocenters. The fourth-order valence-corrected chi connectivity index (χ4v) is 1.15. The fourth-order valence-electron chi connectivity index (χ4n) is 0.690. The predicted octanol–water partition coefficient (Wildman–Crippen LogP) is -0.809. The number of nitrogens with zero attached hydrogens (tertiary/aromatic N) is 2. The maximum absolute atomic E-state index is 10.4. The van der Waals surface area contributed by atoms with Gasteiger partial charge in [-0.15, -0.1) is 0 Å². The van der Waals surface area contributed by atoms with Crippen molar-refractivity contribution in [3.63, 3.8) is 0 Å². The lowest BCUT2D eigenvalue weighted by Gasteiger charge is -1.98. The molecule has 0 amide bonds. The highest BCUT2D eigenvalue weighted by atomic mass is 32.2. The van der Waals surface area contributed by atoms with E-state index in [0.29, 0.717) is 6.20 Å². The summed E-state index contributed by atoms with van der Waals surface area (Å²) in [5.74, 6) is 0. The summed E-state index contributed by atoms with van der Waals surface area (Å²) in [6.45, 7) is 0. The largest absolute Gasteiger partial charge is 0.693 e. The van der Waals surface area contributed by atoms with E-state index in [1.807, 2.05) is 0 Å². The van der Waals surface area contributed by atoms with Gasteiger partial charge in [0.05, 0.1) is 4.92 Å². The Balaban J connectivity index is 3.29. The third kappa shape index (κ3) is 2.20. The molecule has 0 aliphatic rings. The molecule has 1 aromatic rings. The zero-order chi connectivity index (χ0) is 10.1. The maximum Gasteiger partial charge on any atom is 0.333 e. The lowest BCUT2D eigenvalue weighted by molar-refractivity contribution is -0.527. The van der Waals surface area contributed by atoms with Crippen LogP contribution in [-0.4, -0.2) is 17.9 Å². The molecule has 0 saturated carbocycles. The molecule has 0 saturated heterocycles. The van der Waals surface area contributed by atoms with Crippen LogP contribution < -0.4 is 3.97 Å². The first-order valence-electron chi connectivity index (χ1n) is 3.03. The van der Waals surface area contributed by atoms with Crippen molar-refractivity contribution in [3.8, 4) is 0 Å². The summed E-state index contributed by atoms with van der Waals surface area (Å²) in [5.41, 5.74) is -0.457. The monoisotopic (exact) mass is 204 g/mol. The molecule has 0 fully saturated rings. The molecule has 0 spiro atoms. The zero-order valence-electron chi connectivity index (χ0n) is 6.15. The quantitative estimate of drug-likeness (QED) is 0.271. The Kier molecular flexibility index (Phi) is 2.26. The van der Waals surface area contributed by atoms with Crippen molar-refractivity contribution in [2.45, 2.75) is 0 Å². The maximum atomic E-state index is 10.4. The van der Waals surface area contributed by atoms with Gasteiger partial charge in [0.25, 0.3) is 6.20 Å². The first-order chi connectivity index (χ1) is 5.91. The second-order valence-electron chi connectivity index (χ2n) is 2.11. The normalized spacial score (nSPS) is 11.2. The molecule has 7 nitrogen and oxygen atoms in total. The average molecular weight is 204 g/mol. The number of rotatable bonds is 2. The summed E-state index contributed by atoms with van der Waals surface area (Å²) in [4.78, 5) is 9.39. The smallest absolute Gasteiger partial charge is 0.333 e. The van der Waals surface area contributed by atoms with E-state index in [2.05, 4.69) is 0 Å². The van der Waals surface area contributed by atoms with Crippen LogP contribution in [-0.2, 0) is 10.3 Å². The lowest BCUT2D eigenvalue weighted by atomic mass is 10.4. The van der Waals surface area contributed by atoms with Crippen LogP contribution in [0.4, 0.5) is 5.69 Å². The van der Waals surface area contributed by atoms with E-state index in [9.17, 15) is 23.1 Å². The molecular weight excluding hydrogens is 200 g/mol. The molecular formula is C5H4N2O5S. The molecule has 0 radical (unpaired) electrons. The first kappa shape index (κ1) is 9.55.